The van der Waals surface area contributed by atoms with E-state index in [1.807, 2.05) is 35.5 Å². The number of carbonyl (C=O) groups is 1. The van der Waals surface area contributed by atoms with Gasteiger partial charge in [0.15, 0.2) is 0 Å². The first-order valence-corrected chi connectivity index (χ1v) is 8.59. The van der Waals surface area contributed by atoms with Gasteiger partial charge >= 0.3 is 0 Å². The van der Waals surface area contributed by atoms with Crippen molar-refractivity contribution in [3.05, 3.63) is 47.5 Å². The summed E-state index contributed by atoms with van der Waals surface area (Å²) in [6.07, 6.45) is 10.4. The number of pyridine rings is 1. The van der Waals surface area contributed by atoms with Crippen LogP contribution in [0.4, 0.5) is 0 Å². The molecule has 0 bridgehead atoms. The quantitative estimate of drug-likeness (QED) is 0.944. The zero-order chi connectivity index (χ0) is 15.6. The summed E-state index contributed by atoms with van der Waals surface area (Å²) in [6, 6.07) is 6.13. The highest BCUT2D eigenvalue weighted by Gasteiger charge is 2.31. The van der Waals surface area contributed by atoms with E-state index in [1.165, 1.54) is 24.8 Å². The smallest absolute Gasteiger partial charge is 0.274 e. The number of H-pyrrole nitrogens is 1. The first-order valence-electron chi connectivity index (χ1n) is 8.59. The van der Waals surface area contributed by atoms with Crippen LogP contribution in [0, 0.1) is 0 Å². The lowest BCUT2D eigenvalue weighted by molar-refractivity contribution is 0.0674. The molecule has 0 spiro atoms. The summed E-state index contributed by atoms with van der Waals surface area (Å²) in [5.74, 6) is 0.640. The predicted octanol–water partition coefficient (Wildman–Crippen LogP) is 3.44. The summed E-state index contributed by atoms with van der Waals surface area (Å²) >= 11 is 0. The van der Waals surface area contributed by atoms with Crippen LogP contribution in [-0.2, 0) is 0 Å². The lowest BCUT2D eigenvalue weighted by atomic mass is 10.0. The van der Waals surface area contributed by atoms with Crippen LogP contribution in [-0.4, -0.2) is 32.5 Å². The van der Waals surface area contributed by atoms with Crippen LogP contribution in [0.25, 0.3) is 0 Å². The number of hydrogen-bond donors (Lipinski definition) is 1. The Bertz CT molecular complexity index is 677. The number of nitrogens with zero attached hydrogens (tertiary/aromatic N) is 3. The molecule has 1 unspecified atom stereocenters. The van der Waals surface area contributed by atoms with Gasteiger partial charge in [0, 0.05) is 30.6 Å². The SMILES string of the molecule is O=C(c1cc(C2CC2)[nH]n1)N1CCCCCC1c1ccncc1. The number of aromatic nitrogens is 3. The van der Waals surface area contributed by atoms with E-state index in [0.29, 0.717) is 11.6 Å². The molecular weight excluding hydrogens is 288 g/mol. The van der Waals surface area contributed by atoms with E-state index in [9.17, 15) is 4.79 Å². The van der Waals surface area contributed by atoms with Gasteiger partial charge in [0.1, 0.15) is 5.69 Å². The Morgan fingerprint density at radius 2 is 1.96 bits per heavy atom. The standard InChI is InChI=1S/C18H22N4O/c23-18(16-12-15(20-21-16)13-5-6-13)22-11-3-1-2-4-17(22)14-7-9-19-10-8-14/h7-10,12-13,17H,1-6,11H2,(H,20,21). The third kappa shape index (κ3) is 3.00. The minimum absolute atomic E-state index is 0.0527. The average Bonchev–Trinajstić information content (AvgIpc) is 3.37. The molecule has 5 heteroatoms. The molecule has 1 N–H and O–H groups in total. The normalized spacial score (nSPS) is 21.9. The molecule has 1 saturated carbocycles. The number of rotatable bonds is 3. The fraction of sp³-hybridized carbons (Fsp3) is 0.500. The van der Waals surface area contributed by atoms with Gasteiger partial charge < -0.3 is 4.90 Å². The lowest BCUT2D eigenvalue weighted by Crippen LogP contribution is -2.35. The maximum Gasteiger partial charge on any atom is 0.274 e. The average molecular weight is 310 g/mol. The minimum Gasteiger partial charge on any atom is -0.330 e. The van der Waals surface area contributed by atoms with E-state index in [-0.39, 0.29) is 11.9 Å². The van der Waals surface area contributed by atoms with Crippen molar-refractivity contribution in [1.82, 2.24) is 20.1 Å². The molecule has 2 aromatic rings. The topological polar surface area (TPSA) is 61.9 Å². The van der Waals surface area contributed by atoms with Crippen LogP contribution >= 0.6 is 0 Å². The van der Waals surface area contributed by atoms with Gasteiger partial charge in [-0.2, -0.15) is 5.10 Å². The number of hydrogen-bond acceptors (Lipinski definition) is 3. The van der Waals surface area contributed by atoms with Gasteiger partial charge in [-0.25, -0.2) is 0 Å². The Labute approximate surface area is 136 Å². The highest BCUT2D eigenvalue weighted by Crippen LogP contribution is 2.39. The van der Waals surface area contributed by atoms with Gasteiger partial charge in [-0.3, -0.25) is 14.9 Å². The molecule has 1 aliphatic heterocycles. The lowest BCUT2D eigenvalue weighted by Gasteiger charge is -2.29. The van der Waals surface area contributed by atoms with Gasteiger partial charge in [-0.1, -0.05) is 12.8 Å². The number of likely N-dealkylation sites (tertiary alicyclic amines) is 1. The van der Waals surface area contributed by atoms with Crippen molar-refractivity contribution in [2.45, 2.75) is 50.5 Å². The number of nitrogens with one attached hydrogen (secondary N) is 1. The van der Waals surface area contributed by atoms with Crippen molar-refractivity contribution >= 4 is 5.91 Å². The van der Waals surface area contributed by atoms with Crippen LogP contribution in [0.3, 0.4) is 0 Å². The molecule has 1 aliphatic carbocycles. The van der Waals surface area contributed by atoms with Crippen molar-refractivity contribution in [2.24, 2.45) is 0 Å². The molecule has 120 valence electrons. The number of amides is 1. The monoisotopic (exact) mass is 310 g/mol. The fourth-order valence-electron chi connectivity index (χ4n) is 3.48. The number of carbonyl (C=O) groups excluding carboxylic acids is 1. The molecule has 1 saturated heterocycles. The highest BCUT2D eigenvalue weighted by atomic mass is 16.2. The third-order valence-electron chi connectivity index (χ3n) is 4.94. The molecule has 2 aromatic heterocycles. The van der Waals surface area contributed by atoms with E-state index < -0.39 is 0 Å². The maximum atomic E-state index is 13.0. The molecule has 2 fully saturated rings. The van der Waals surface area contributed by atoms with Crippen LogP contribution in [0.5, 0.6) is 0 Å². The Morgan fingerprint density at radius 1 is 1.13 bits per heavy atom. The summed E-state index contributed by atoms with van der Waals surface area (Å²) < 4.78 is 0. The Hall–Kier alpha value is -2.17. The Kier molecular flexibility index (Phi) is 3.85. The van der Waals surface area contributed by atoms with Gasteiger partial charge in [0.25, 0.3) is 5.91 Å². The van der Waals surface area contributed by atoms with E-state index in [0.717, 1.165) is 31.5 Å². The molecule has 5 nitrogen and oxygen atoms in total. The van der Waals surface area contributed by atoms with Crippen LogP contribution in [0.15, 0.2) is 30.6 Å². The van der Waals surface area contributed by atoms with Gasteiger partial charge in [-0.05, 0) is 49.4 Å². The molecule has 1 atom stereocenters. The van der Waals surface area contributed by atoms with E-state index in [1.54, 1.807) is 0 Å². The zero-order valence-corrected chi connectivity index (χ0v) is 13.2. The van der Waals surface area contributed by atoms with E-state index in [2.05, 4.69) is 15.2 Å². The summed E-state index contributed by atoms with van der Waals surface area (Å²) in [5, 5.41) is 7.33. The van der Waals surface area contributed by atoms with Crippen molar-refractivity contribution in [3.8, 4) is 0 Å². The fourth-order valence-corrected chi connectivity index (χ4v) is 3.48. The maximum absolute atomic E-state index is 13.0. The predicted molar refractivity (Wildman–Crippen MR) is 87.0 cm³/mol. The summed E-state index contributed by atoms with van der Waals surface area (Å²) in [4.78, 5) is 19.1. The molecular formula is C18H22N4O. The van der Waals surface area contributed by atoms with Crippen LogP contribution in [0.1, 0.15) is 72.2 Å². The first kappa shape index (κ1) is 14.4. The molecule has 2 aliphatic rings. The van der Waals surface area contributed by atoms with Crippen molar-refractivity contribution in [1.29, 1.82) is 0 Å². The number of aromatic amines is 1. The third-order valence-corrected chi connectivity index (χ3v) is 4.94. The second-order valence-electron chi connectivity index (χ2n) is 6.63. The van der Waals surface area contributed by atoms with Crippen LogP contribution < -0.4 is 0 Å². The van der Waals surface area contributed by atoms with Crippen molar-refractivity contribution in [3.63, 3.8) is 0 Å². The molecule has 3 heterocycles. The molecule has 23 heavy (non-hydrogen) atoms. The second-order valence-corrected chi connectivity index (χ2v) is 6.63. The second kappa shape index (κ2) is 6.14. The Balaban J connectivity index is 1.60. The van der Waals surface area contributed by atoms with E-state index in [4.69, 9.17) is 0 Å². The largest absolute Gasteiger partial charge is 0.330 e. The van der Waals surface area contributed by atoms with Crippen molar-refractivity contribution < 1.29 is 4.79 Å². The minimum atomic E-state index is 0.0527. The van der Waals surface area contributed by atoms with Gasteiger partial charge in [-0.15, -0.1) is 0 Å². The molecule has 1 amide bonds. The molecule has 0 radical (unpaired) electrons. The van der Waals surface area contributed by atoms with E-state index >= 15 is 0 Å². The molecule has 4 rings (SSSR count). The zero-order valence-electron chi connectivity index (χ0n) is 13.2. The summed E-state index contributed by atoms with van der Waals surface area (Å²) in [6.45, 7) is 0.803. The van der Waals surface area contributed by atoms with Crippen LogP contribution in [0.2, 0.25) is 0 Å². The Morgan fingerprint density at radius 3 is 2.74 bits per heavy atom. The van der Waals surface area contributed by atoms with Crippen molar-refractivity contribution in [2.75, 3.05) is 6.54 Å². The first-order chi connectivity index (χ1) is 11.3. The molecule has 0 aromatic carbocycles. The van der Waals surface area contributed by atoms with Gasteiger partial charge in [0.05, 0.1) is 6.04 Å². The summed E-state index contributed by atoms with van der Waals surface area (Å²) in [7, 11) is 0. The summed E-state index contributed by atoms with van der Waals surface area (Å²) in [5.41, 5.74) is 2.85. The van der Waals surface area contributed by atoms with Gasteiger partial charge in [0.2, 0.25) is 0 Å². The highest BCUT2D eigenvalue weighted by molar-refractivity contribution is 5.92.